The van der Waals surface area contributed by atoms with Gasteiger partial charge in [-0.3, -0.25) is 18.7 Å². The van der Waals surface area contributed by atoms with Crippen LogP contribution in [0.15, 0.2) is 32.3 Å². The van der Waals surface area contributed by atoms with Gasteiger partial charge in [0.15, 0.2) is 0 Å². The summed E-state index contributed by atoms with van der Waals surface area (Å²) in [5, 5.41) is 6.02. The van der Waals surface area contributed by atoms with Gasteiger partial charge in [-0.15, -0.1) is 0 Å². The predicted octanol–water partition coefficient (Wildman–Crippen LogP) is 2.01. The van der Waals surface area contributed by atoms with Crippen LogP contribution in [-0.4, -0.2) is 25.2 Å². The normalized spacial score (nSPS) is 13.5. The highest BCUT2D eigenvalue weighted by atomic mass is 19.1. The van der Waals surface area contributed by atoms with Crippen LogP contribution in [0.25, 0.3) is 11.4 Å². The number of benzene rings is 1. The van der Waals surface area contributed by atoms with Crippen LogP contribution in [0.1, 0.15) is 30.8 Å². The molecule has 0 atom stereocenters. The Bertz CT molecular complexity index is 1280. The zero-order chi connectivity index (χ0) is 22.1. The topological polar surface area (TPSA) is 112 Å². The van der Waals surface area contributed by atoms with Crippen LogP contribution in [-0.2, 0) is 24.3 Å². The minimum Gasteiger partial charge on any atom is -0.339 e. The summed E-state index contributed by atoms with van der Waals surface area (Å²) in [4.78, 5) is 42.8. The third-order valence-corrected chi connectivity index (χ3v) is 5.09. The third kappa shape index (κ3) is 4.03. The largest absolute Gasteiger partial charge is 0.339 e. The van der Waals surface area contributed by atoms with Gasteiger partial charge in [0, 0.05) is 25.2 Å². The number of nitrogens with zero attached hydrogens (tertiary/aromatic N) is 4. The van der Waals surface area contributed by atoms with Gasteiger partial charge in [0.25, 0.3) is 5.56 Å². The van der Waals surface area contributed by atoms with E-state index in [2.05, 4.69) is 15.5 Å². The van der Waals surface area contributed by atoms with Crippen LogP contribution in [0, 0.1) is 18.6 Å². The van der Waals surface area contributed by atoms with E-state index >= 15 is 0 Å². The number of amides is 1. The molecule has 31 heavy (non-hydrogen) atoms. The first-order valence-corrected chi connectivity index (χ1v) is 9.77. The molecule has 2 aromatic heterocycles. The molecular formula is C20H19F2N5O4. The van der Waals surface area contributed by atoms with Crippen molar-refractivity contribution in [3.05, 3.63) is 62.3 Å². The maximum atomic E-state index is 13.8. The van der Waals surface area contributed by atoms with Crippen LogP contribution in [0.5, 0.6) is 0 Å². The fourth-order valence-electron chi connectivity index (χ4n) is 3.66. The number of carbonyl (C=O) groups is 1. The molecule has 1 amide bonds. The number of hydrogen-bond donors (Lipinski definition) is 1. The van der Waals surface area contributed by atoms with Gasteiger partial charge in [-0.2, -0.15) is 4.98 Å². The summed E-state index contributed by atoms with van der Waals surface area (Å²) >= 11 is 0. The zero-order valence-electron chi connectivity index (χ0n) is 16.7. The molecule has 162 valence electrons. The molecule has 1 aromatic carbocycles. The molecule has 0 fully saturated rings. The lowest BCUT2D eigenvalue weighted by Crippen LogP contribution is -2.44. The lowest BCUT2D eigenvalue weighted by atomic mass is 10.1. The summed E-state index contributed by atoms with van der Waals surface area (Å²) in [5.74, 6) is -2.15. The highest BCUT2D eigenvalue weighted by Gasteiger charge is 2.25. The van der Waals surface area contributed by atoms with Crippen LogP contribution in [0.4, 0.5) is 14.5 Å². The quantitative estimate of drug-likeness (QED) is 0.676. The molecule has 1 N–H and O–H groups in total. The number of fused-ring (bicyclic) bond motifs is 1. The van der Waals surface area contributed by atoms with Crippen molar-refractivity contribution in [1.29, 1.82) is 0 Å². The van der Waals surface area contributed by atoms with Gasteiger partial charge in [-0.25, -0.2) is 13.6 Å². The molecule has 0 bridgehead atoms. The van der Waals surface area contributed by atoms with E-state index in [4.69, 9.17) is 4.52 Å². The van der Waals surface area contributed by atoms with Gasteiger partial charge in [0.2, 0.25) is 17.6 Å². The summed E-state index contributed by atoms with van der Waals surface area (Å²) in [6, 6.07) is 2.59. The summed E-state index contributed by atoms with van der Waals surface area (Å²) in [7, 11) is 0. The summed E-state index contributed by atoms with van der Waals surface area (Å²) in [6.07, 6.45) is 2.87. The van der Waals surface area contributed by atoms with Crippen LogP contribution >= 0.6 is 0 Å². The van der Waals surface area contributed by atoms with Gasteiger partial charge < -0.3 is 9.84 Å². The van der Waals surface area contributed by atoms with Crippen molar-refractivity contribution in [2.75, 3.05) is 5.32 Å². The van der Waals surface area contributed by atoms with Gasteiger partial charge in [0.05, 0.1) is 5.69 Å². The molecule has 0 saturated carbocycles. The summed E-state index contributed by atoms with van der Waals surface area (Å²) < 4.78 is 34.4. The number of hydrogen-bond acceptors (Lipinski definition) is 6. The molecule has 1 aliphatic heterocycles. The van der Waals surface area contributed by atoms with Crippen LogP contribution in [0.3, 0.4) is 0 Å². The third-order valence-electron chi connectivity index (χ3n) is 5.09. The van der Waals surface area contributed by atoms with E-state index in [1.54, 1.807) is 6.92 Å². The smallest absolute Gasteiger partial charge is 0.331 e. The van der Waals surface area contributed by atoms with Crippen molar-refractivity contribution in [2.24, 2.45) is 0 Å². The number of halogens is 2. The van der Waals surface area contributed by atoms with Crippen LogP contribution < -0.4 is 16.6 Å². The maximum Gasteiger partial charge on any atom is 0.331 e. The molecule has 4 rings (SSSR count). The second-order valence-electron chi connectivity index (χ2n) is 7.27. The molecule has 0 saturated heterocycles. The lowest BCUT2D eigenvalue weighted by Gasteiger charge is -2.16. The Balaban J connectivity index is 1.78. The van der Waals surface area contributed by atoms with E-state index in [1.165, 1.54) is 4.57 Å². The summed E-state index contributed by atoms with van der Waals surface area (Å²) in [6.45, 7) is 1.26. The minimum absolute atomic E-state index is 0.0403. The van der Waals surface area contributed by atoms with Crippen molar-refractivity contribution in [3.63, 3.8) is 0 Å². The number of anilines is 1. The standard InChI is InChI=1S/C20H19F2N5O4/c1-11-23-18(25-31-11)17-15-5-3-2-4-8-26(15)20(30)27(19(17)29)10-16(28)24-14-9-12(21)6-7-13(14)22/h6-7,9H,2-5,8,10H2,1H3,(H,24,28). The average molecular weight is 431 g/mol. The van der Waals surface area contributed by atoms with E-state index in [1.807, 2.05) is 0 Å². The Kier molecular flexibility index (Phi) is 5.49. The molecule has 1 aliphatic rings. The lowest BCUT2D eigenvalue weighted by molar-refractivity contribution is -0.116. The van der Waals surface area contributed by atoms with Gasteiger partial charge in [-0.1, -0.05) is 11.6 Å². The van der Waals surface area contributed by atoms with Gasteiger partial charge in [-0.05, 0) is 31.4 Å². The number of rotatable bonds is 4. The molecule has 3 aromatic rings. The first kappa shape index (κ1) is 20.6. The Labute approximate surface area is 174 Å². The minimum atomic E-state index is -0.854. The van der Waals surface area contributed by atoms with Crippen molar-refractivity contribution in [2.45, 2.75) is 45.7 Å². The molecule has 0 radical (unpaired) electrons. The van der Waals surface area contributed by atoms with E-state index < -0.39 is 35.3 Å². The maximum absolute atomic E-state index is 13.8. The monoisotopic (exact) mass is 431 g/mol. The van der Waals surface area contributed by atoms with Crippen LogP contribution in [0.2, 0.25) is 0 Å². The molecule has 3 heterocycles. The highest BCUT2D eigenvalue weighted by molar-refractivity contribution is 5.90. The van der Waals surface area contributed by atoms with Crippen molar-refractivity contribution in [3.8, 4) is 11.4 Å². The SMILES string of the molecule is Cc1nc(-c2c3n(c(=O)n(CC(=O)Nc4cc(F)ccc4F)c2=O)CCCCC3)no1. The van der Waals surface area contributed by atoms with Gasteiger partial charge >= 0.3 is 5.69 Å². The number of aryl methyl sites for hydroxylation is 1. The number of nitrogens with one attached hydrogen (secondary N) is 1. The molecule has 9 nitrogen and oxygen atoms in total. The average Bonchev–Trinajstić information content (AvgIpc) is 3.00. The fraction of sp³-hybridized carbons (Fsp3) is 0.350. The van der Waals surface area contributed by atoms with E-state index in [9.17, 15) is 23.2 Å². The zero-order valence-corrected chi connectivity index (χ0v) is 16.7. The Morgan fingerprint density at radius 3 is 2.77 bits per heavy atom. The van der Waals surface area contributed by atoms with Crippen molar-refractivity contribution < 1.29 is 18.1 Å². The number of aromatic nitrogens is 4. The Morgan fingerprint density at radius 2 is 2.03 bits per heavy atom. The molecular weight excluding hydrogens is 412 g/mol. The van der Waals surface area contributed by atoms with E-state index in [0.717, 1.165) is 42.0 Å². The molecule has 11 heteroatoms. The first-order chi connectivity index (χ1) is 14.8. The Morgan fingerprint density at radius 1 is 1.23 bits per heavy atom. The van der Waals surface area contributed by atoms with Gasteiger partial charge in [0.1, 0.15) is 23.7 Å². The van der Waals surface area contributed by atoms with E-state index in [0.29, 0.717) is 18.7 Å². The van der Waals surface area contributed by atoms with Crippen molar-refractivity contribution >= 4 is 11.6 Å². The second kappa shape index (κ2) is 8.25. The second-order valence-corrected chi connectivity index (χ2v) is 7.27. The van der Waals surface area contributed by atoms with Crippen molar-refractivity contribution in [1.82, 2.24) is 19.3 Å². The molecule has 0 spiro atoms. The summed E-state index contributed by atoms with van der Waals surface area (Å²) in [5.41, 5.74) is -1.18. The predicted molar refractivity (Wildman–Crippen MR) is 106 cm³/mol. The fourth-order valence-corrected chi connectivity index (χ4v) is 3.66. The Hall–Kier alpha value is -3.63. The number of carbonyl (C=O) groups excluding carboxylic acids is 1. The highest BCUT2D eigenvalue weighted by Crippen LogP contribution is 2.21. The first-order valence-electron chi connectivity index (χ1n) is 9.77. The van der Waals surface area contributed by atoms with E-state index in [-0.39, 0.29) is 23.0 Å². The molecule has 0 aliphatic carbocycles. The molecule has 0 unspecified atom stereocenters.